The van der Waals surface area contributed by atoms with Crippen molar-refractivity contribution in [2.24, 2.45) is 22.7 Å². The van der Waals surface area contributed by atoms with Gasteiger partial charge in [0.05, 0.1) is 35.9 Å². The van der Waals surface area contributed by atoms with Crippen LogP contribution in [-0.4, -0.2) is 71.8 Å². The number of carbonyl (C=O) groups is 4. The first kappa shape index (κ1) is 38.9. The minimum atomic E-state index is -4.40. The molecule has 2 aliphatic carbocycles. The molecular weight excluding hydrogens is 698 g/mol. The summed E-state index contributed by atoms with van der Waals surface area (Å²) in [6, 6.07) is 6.10. The van der Waals surface area contributed by atoms with Crippen LogP contribution in [0.1, 0.15) is 100 Å². The number of nitrogens with zero attached hydrogens (tertiary/aromatic N) is 2. The molecule has 2 saturated carbocycles. The van der Waals surface area contributed by atoms with Gasteiger partial charge >= 0.3 is 16.3 Å². The predicted molar refractivity (Wildman–Crippen MR) is 191 cm³/mol. The van der Waals surface area contributed by atoms with Gasteiger partial charge in [-0.1, -0.05) is 45.7 Å². The Hall–Kier alpha value is -3.29. The molecule has 12 nitrogen and oxygen atoms in total. The predicted octanol–water partition coefficient (Wildman–Crippen LogP) is 5.94. The van der Waals surface area contributed by atoms with Gasteiger partial charge in [-0.2, -0.15) is 8.42 Å². The lowest BCUT2D eigenvalue weighted by Gasteiger charge is -2.35. The minimum absolute atomic E-state index is 0.0268. The quantitative estimate of drug-likeness (QED) is 0.243. The second-order valence-corrected chi connectivity index (χ2v) is 18.4. The fraction of sp³-hybridized carbons (Fsp3) is 0.649. The van der Waals surface area contributed by atoms with E-state index in [1.807, 2.05) is 27.7 Å². The van der Waals surface area contributed by atoms with Crippen LogP contribution < -0.4 is 9.46 Å². The average Bonchev–Trinajstić information content (AvgIpc) is 3.86. The van der Waals surface area contributed by atoms with E-state index in [9.17, 15) is 27.6 Å². The summed E-state index contributed by atoms with van der Waals surface area (Å²) in [6.07, 6.45) is 2.56. The summed E-state index contributed by atoms with van der Waals surface area (Å²) in [7, 11) is -4.40. The van der Waals surface area contributed by atoms with Crippen molar-refractivity contribution in [2.75, 3.05) is 6.54 Å². The second-order valence-electron chi connectivity index (χ2n) is 16.7. The first-order valence-corrected chi connectivity index (χ1v) is 19.4. The highest BCUT2D eigenvalue weighted by Gasteiger charge is 2.62. The lowest BCUT2D eigenvalue weighted by atomic mass is 9.77. The topological polar surface area (TPSA) is 158 Å². The molecule has 1 aromatic heterocycles. The summed E-state index contributed by atoms with van der Waals surface area (Å²) in [5, 5.41) is 2.05. The van der Waals surface area contributed by atoms with Crippen LogP contribution in [0.15, 0.2) is 30.5 Å². The van der Waals surface area contributed by atoms with E-state index < -0.39 is 74.0 Å². The number of ketones is 1. The molecule has 0 bridgehead atoms. The molecule has 0 unspecified atom stereocenters. The number of Topliss-reactive ketones (excluding diaryl/α,β-unsaturated/α-hetero) is 1. The number of carbonyl (C=O) groups excluding carboxylic acids is 4. The number of ether oxygens (including phenoxy) is 2. The molecule has 280 valence electrons. The number of hydrogen-bond donors (Lipinski definition) is 1. The maximum Gasteiger partial charge on any atom is 0.362 e. The van der Waals surface area contributed by atoms with E-state index >= 15 is 0 Å². The molecular formula is C37H50ClN3O9S. The smallest absolute Gasteiger partial charge is 0.362 e. The third-order valence-electron chi connectivity index (χ3n) is 10.2. The van der Waals surface area contributed by atoms with Crippen LogP contribution in [0.3, 0.4) is 0 Å². The van der Waals surface area contributed by atoms with Gasteiger partial charge in [0.25, 0.3) is 0 Å². The van der Waals surface area contributed by atoms with Gasteiger partial charge in [0.15, 0.2) is 5.78 Å². The zero-order valence-corrected chi connectivity index (χ0v) is 32.3. The third-order valence-corrected chi connectivity index (χ3v) is 11.5. The van der Waals surface area contributed by atoms with E-state index in [1.54, 1.807) is 58.2 Å². The Morgan fingerprint density at radius 1 is 1.10 bits per heavy atom. The van der Waals surface area contributed by atoms with Gasteiger partial charge in [-0.15, -0.1) is 0 Å². The lowest BCUT2D eigenvalue weighted by Crippen LogP contribution is -2.49. The molecule has 0 spiro atoms. The van der Waals surface area contributed by atoms with E-state index in [2.05, 4.69) is 9.71 Å². The number of halogens is 1. The van der Waals surface area contributed by atoms with E-state index in [0.717, 1.165) is 5.39 Å². The van der Waals surface area contributed by atoms with Crippen molar-refractivity contribution in [3.8, 4) is 5.88 Å². The van der Waals surface area contributed by atoms with Crippen LogP contribution >= 0.6 is 11.6 Å². The Balaban J connectivity index is 1.43. The highest BCUT2D eigenvalue weighted by molar-refractivity contribution is 7.85. The number of fused-ring (bicyclic) bond motifs is 1. The highest BCUT2D eigenvalue weighted by atomic mass is 35.5. The third kappa shape index (κ3) is 9.21. The van der Waals surface area contributed by atoms with Crippen molar-refractivity contribution in [1.82, 2.24) is 14.6 Å². The molecule has 2 aromatic rings. The van der Waals surface area contributed by atoms with Crippen LogP contribution in [0, 0.1) is 22.7 Å². The Morgan fingerprint density at radius 2 is 1.78 bits per heavy atom. The van der Waals surface area contributed by atoms with Crippen LogP contribution in [0.25, 0.3) is 10.8 Å². The van der Waals surface area contributed by atoms with Gasteiger partial charge in [-0.25, -0.2) is 13.9 Å². The molecule has 5 rings (SSSR count). The van der Waals surface area contributed by atoms with Gasteiger partial charge in [-0.05, 0) is 87.9 Å². The number of pyridine rings is 1. The molecule has 51 heavy (non-hydrogen) atoms. The van der Waals surface area contributed by atoms with Gasteiger partial charge < -0.3 is 14.4 Å². The molecule has 5 atom stereocenters. The van der Waals surface area contributed by atoms with Crippen molar-refractivity contribution in [3.05, 3.63) is 35.5 Å². The SMILES string of the molecule is CC[C@@H]1C[C@]1(CC(=O)[C@@H]1C[C@@H](Oc2nccc3cc(Cl)ccc23)CN1C(=O)[C@@H](CC(=O)OC(C)(C)C)C(C)(C)C)C(=O)NS(=O)(=O)OC1(C)CC1. The summed E-state index contributed by atoms with van der Waals surface area (Å²) >= 11 is 6.21. The molecule has 3 aliphatic rings. The van der Waals surface area contributed by atoms with E-state index in [-0.39, 0.29) is 31.7 Å². The summed E-state index contributed by atoms with van der Waals surface area (Å²) < 4.78 is 44.8. The monoisotopic (exact) mass is 747 g/mol. The molecule has 2 heterocycles. The first-order valence-electron chi connectivity index (χ1n) is 17.6. The van der Waals surface area contributed by atoms with Gasteiger partial charge in [0, 0.05) is 29.4 Å². The van der Waals surface area contributed by atoms with Crippen LogP contribution in [0.4, 0.5) is 0 Å². The molecule has 2 amide bonds. The maximum absolute atomic E-state index is 14.5. The summed E-state index contributed by atoms with van der Waals surface area (Å²) in [4.78, 5) is 61.5. The average molecular weight is 748 g/mol. The number of nitrogens with one attached hydrogen (secondary N) is 1. The standard InChI is InChI=1S/C37H50ClN3O9S/c1-9-23-19-37(23,33(45)40-51(46,47)50-36(8)13-14-36)20-29(42)28-17-25(48-31-26-11-10-24(38)16-22(26)12-15-39-31)21-41(28)32(44)27(34(2,3)4)18-30(43)49-35(5,6)7/h10-12,15-16,23,25,27-28H,9,13-14,17-21H2,1-8H3,(H,40,45)/t23-,25-,27-,28+,37-/m1/s1. The zero-order chi connectivity index (χ0) is 37.7. The van der Waals surface area contributed by atoms with Crippen molar-refractivity contribution < 1.29 is 41.3 Å². The molecule has 3 fully saturated rings. The first-order chi connectivity index (χ1) is 23.5. The largest absolute Gasteiger partial charge is 0.472 e. The van der Waals surface area contributed by atoms with Crippen LogP contribution in [0.5, 0.6) is 5.88 Å². The summed E-state index contributed by atoms with van der Waals surface area (Å²) in [5.74, 6) is -2.88. The van der Waals surface area contributed by atoms with Crippen LogP contribution in [-0.2, 0) is 38.4 Å². The number of aromatic nitrogens is 1. The maximum atomic E-state index is 14.5. The number of hydrogen-bond acceptors (Lipinski definition) is 10. The van der Waals surface area contributed by atoms with Crippen molar-refractivity contribution in [1.29, 1.82) is 0 Å². The number of amides is 2. The Morgan fingerprint density at radius 3 is 2.37 bits per heavy atom. The van der Waals surface area contributed by atoms with E-state index in [0.29, 0.717) is 42.0 Å². The van der Waals surface area contributed by atoms with Crippen molar-refractivity contribution >= 4 is 56.2 Å². The van der Waals surface area contributed by atoms with Crippen LogP contribution in [0.2, 0.25) is 5.02 Å². The fourth-order valence-electron chi connectivity index (χ4n) is 7.00. The molecule has 1 N–H and O–H groups in total. The van der Waals surface area contributed by atoms with Gasteiger partial charge in [-0.3, -0.25) is 19.2 Å². The Bertz CT molecular complexity index is 1820. The molecule has 1 aromatic carbocycles. The van der Waals surface area contributed by atoms with E-state index in [1.165, 1.54) is 4.90 Å². The molecule has 1 saturated heterocycles. The zero-order valence-electron chi connectivity index (χ0n) is 30.7. The Labute approximate surface area is 305 Å². The second kappa shape index (κ2) is 13.9. The summed E-state index contributed by atoms with van der Waals surface area (Å²) in [6.45, 7) is 14.4. The fourth-order valence-corrected chi connectivity index (χ4v) is 8.35. The minimum Gasteiger partial charge on any atom is -0.472 e. The Kier molecular flexibility index (Phi) is 10.6. The molecule has 14 heteroatoms. The number of esters is 1. The highest BCUT2D eigenvalue weighted by Crippen LogP contribution is 2.58. The number of rotatable bonds is 13. The normalized spacial score (nSPS) is 24.9. The summed E-state index contributed by atoms with van der Waals surface area (Å²) in [5.41, 5.74) is -3.55. The molecule has 0 radical (unpaired) electrons. The van der Waals surface area contributed by atoms with Gasteiger partial charge in [0.1, 0.15) is 11.7 Å². The number of benzene rings is 1. The number of likely N-dealkylation sites (tertiary alicyclic amines) is 1. The molecule has 1 aliphatic heterocycles. The van der Waals surface area contributed by atoms with Crippen molar-refractivity contribution in [2.45, 2.75) is 124 Å². The van der Waals surface area contributed by atoms with Gasteiger partial charge in [0.2, 0.25) is 17.7 Å². The van der Waals surface area contributed by atoms with Crippen molar-refractivity contribution in [3.63, 3.8) is 0 Å². The van der Waals surface area contributed by atoms with E-state index in [4.69, 9.17) is 25.3 Å². The lowest BCUT2D eigenvalue weighted by molar-refractivity contribution is -0.161.